The Labute approximate surface area is 111 Å². The van der Waals surface area contributed by atoms with Gasteiger partial charge in [0, 0.05) is 5.92 Å². The summed E-state index contributed by atoms with van der Waals surface area (Å²) in [5.41, 5.74) is 0. The van der Waals surface area contributed by atoms with Gasteiger partial charge in [-0.05, 0) is 19.3 Å². The lowest BCUT2D eigenvalue weighted by Crippen LogP contribution is -2.44. The van der Waals surface area contributed by atoms with Crippen LogP contribution in [0.3, 0.4) is 0 Å². The molecule has 2 N–H and O–H groups in total. The zero-order valence-corrected chi connectivity index (χ0v) is 10.4. The van der Waals surface area contributed by atoms with Crippen LogP contribution in [0.1, 0.15) is 25.7 Å². The highest BCUT2D eigenvalue weighted by atomic mass is 19.4. The Bertz CT molecular complexity index is 341. The molecule has 1 saturated carbocycles. The van der Waals surface area contributed by atoms with Crippen molar-refractivity contribution in [1.29, 1.82) is 0 Å². The van der Waals surface area contributed by atoms with Crippen LogP contribution in [0.5, 0.6) is 0 Å². The second-order valence-corrected chi connectivity index (χ2v) is 4.90. The van der Waals surface area contributed by atoms with Crippen LogP contribution >= 0.6 is 0 Å². The molecule has 0 aromatic rings. The topological polar surface area (TPSA) is 49.3 Å². The molecule has 20 heavy (non-hydrogen) atoms. The minimum atomic E-state index is -4.87. The number of halogens is 6. The highest BCUT2D eigenvalue weighted by Gasteiger charge is 2.44. The van der Waals surface area contributed by atoms with Crippen molar-refractivity contribution < 1.29 is 36.2 Å². The molecule has 0 spiro atoms. The van der Waals surface area contributed by atoms with Gasteiger partial charge in [0.25, 0.3) is 0 Å². The zero-order valence-electron chi connectivity index (χ0n) is 10.4. The number of aliphatic hydroxyl groups is 1. The van der Waals surface area contributed by atoms with Gasteiger partial charge in [-0.25, -0.2) is 0 Å². The molecule has 0 radical (unpaired) electrons. The quantitative estimate of drug-likeness (QED) is 0.787. The standard InChI is InChI=1S/C11H15F6NO2/c12-10(13,14)7-3-1-2-6(4-7)9(20)18-5-8(19)11(15,16)17/h6-8,19H,1-5H2,(H,18,20). The molecule has 1 rings (SSSR count). The predicted molar refractivity (Wildman–Crippen MR) is 56.6 cm³/mol. The molecule has 1 aliphatic carbocycles. The maximum Gasteiger partial charge on any atom is 0.416 e. The molecule has 3 nitrogen and oxygen atoms in total. The number of aliphatic hydroxyl groups excluding tert-OH is 1. The van der Waals surface area contributed by atoms with E-state index in [0.717, 1.165) is 0 Å². The first-order valence-corrected chi connectivity index (χ1v) is 6.11. The van der Waals surface area contributed by atoms with E-state index in [0.29, 0.717) is 0 Å². The van der Waals surface area contributed by atoms with Gasteiger partial charge in [0.15, 0.2) is 6.10 Å². The lowest BCUT2D eigenvalue weighted by atomic mass is 9.80. The van der Waals surface area contributed by atoms with Crippen LogP contribution in [-0.2, 0) is 4.79 Å². The van der Waals surface area contributed by atoms with Crippen LogP contribution < -0.4 is 5.32 Å². The Morgan fingerprint density at radius 1 is 1.20 bits per heavy atom. The molecule has 0 saturated heterocycles. The summed E-state index contributed by atoms with van der Waals surface area (Å²) in [6.45, 7) is -1.05. The summed E-state index contributed by atoms with van der Waals surface area (Å²) in [7, 11) is 0. The summed E-state index contributed by atoms with van der Waals surface area (Å²) in [6, 6.07) is 0. The van der Waals surface area contributed by atoms with Crippen molar-refractivity contribution in [3.05, 3.63) is 0 Å². The van der Waals surface area contributed by atoms with Crippen molar-refractivity contribution >= 4 is 5.91 Å². The molecular weight excluding hydrogens is 292 g/mol. The lowest BCUT2D eigenvalue weighted by molar-refractivity contribution is -0.202. The fraction of sp³-hybridized carbons (Fsp3) is 0.909. The summed E-state index contributed by atoms with van der Waals surface area (Å²) < 4.78 is 73.6. The van der Waals surface area contributed by atoms with Crippen molar-refractivity contribution in [2.75, 3.05) is 6.54 Å². The molecule has 9 heteroatoms. The second kappa shape index (κ2) is 6.19. The molecule has 1 amide bonds. The van der Waals surface area contributed by atoms with Crippen molar-refractivity contribution in [3.63, 3.8) is 0 Å². The molecule has 3 unspecified atom stereocenters. The minimum Gasteiger partial charge on any atom is -0.382 e. The van der Waals surface area contributed by atoms with Gasteiger partial charge in [-0.15, -0.1) is 0 Å². The average molecular weight is 307 g/mol. The van der Waals surface area contributed by atoms with E-state index in [4.69, 9.17) is 5.11 Å². The number of amides is 1. The number of nitrogens with one attached hydrogen (secondary N) is 1. The highest BCUT2D eigenvalue weighted by Crippen LogP contribution is 2.39. The SMILES string of the molecule is O=C(NCC(O)C(F)(F)F)C1CCCC(C(F)(F)F)C1. The van der Waals surface area contributed by atoms with Gasteiger partial charge < -0.3 is 10.4 Å². The van der Waals surface area contributed by atoms with E-state index in [-0.39, 0.29) is 19.3 Å². The predicted octanol–water partition coefficient (Wildman–Crippen LogP) is 2.39. The summed E-state index contributed by atoms with van der Waals surface area (Å²) >= 11 is 0. The van der Waals surface area contributed by atoms with Gasteiger partial charge in [-0.3, -0.25) is 4.79 Å². The van der Waals surface area contributed by atoms with Crippen molar-refractivity contribution in [2.24, 2.45) is 11.8 Å². The van der Waals surface area contributed by atoms with Crippen LogP contribution in [0, 0.1) is 11.8 Å². The fourth-order valence-corrected chi connectivity index (χ4v) is 2.18. The fourth-order valence-electron chi connectivity index (χ4n) is 2.18. The van der Waals surface area contributed by atoms with Crippen LogP contribution in [0.2, 0.25) is 0 Å². The maximum absolute atomic E-state index is 12.5. The number of hydrogen-bond acceptors (Lipinski definition) is 2. The third-order valence-electron chi connectivity index (χ3n) is 3.36. The van der Waals surface area contributed by atoms with Crippen molar-refractivity contribution in [2.45, 2.75) is 44.1 Å². The van der Waals surface area contributed by atoms with Gasteiger partial charge in [0.1, 0.15) is 0 Å². The number of hydrogen-bond donors (Lipinski definition) is 2. The van der Waals surface area contributed by atoms with Crippen LogP contribution in [0.25, 0.3) is 0 Å². The van der Waals surface area contributed by atoms with Gasteiger partial charge in [-0.1, -0.05) is 6.42 Å². The molecule has 0 aromatic heterocycles. The van der Waals surface area contributed by atoms with Crippen molar-refractivity contribution in [3.8, 4) is 0 Å². The first-order chi connectivity index (χ1) is 9.01. The Morgan fingerprint density at radius 2 is 1.80 bits per heavy atom. The molecule has 0 bridgehead atoms. The van der Waals surface area contributed by atoms with E-state index in [1.807, 2.05) is 5.32 Å². The van der Waals surface area contributed by atoms with E-state index >= 15 is 0 Å². The van der Waals surface area contributed by atoms with Gasteiger partial charge in [0.05, 0.1) is 12.5 Å². The summed E-state index contributed by atoms with van der Waals surface area (Å²) in [4.78, 5) is 11.5. The third-order valence-corrected chi connectivity index (χ3v) is 3.36. The molecule has 1 aliphatic rings. The Morgan fingerprint density at radius 3 is 2.30 bits per heavy atom. The Balaban J connectivity index is 2.48. The largest absolute Gasteiger partial charge is 0.416 e. The number of alkyl halides is 6. The normalized spacial score (nSPS) is 26.1. The van der Waals surface area contributed by atoms with E-state index in [2.05, 4.69) is 0 Å². The molecule has 3 atom stereocenters. The average Bonchev–Trinajstić information content (AvgIpc) is 2.33. The molecule has 0 aromatic carbocycles. The van der Waals surface area contributed by atoms with Crippen LogP contribution in [0.4, 0.5) is 26.3 Å². The lowest BCUT2D eigenvalue weighted by Gasteiger charge is -2.30. The Hall–Kier alpha value is -0.990. The first-order valence-electron chi connectivity index (χ1n) is 6.11. The minimum absolute atomic E-state index is 0.0710. The van der Waals surface area contributed by atoms with E-state index in [1.54, 1.807) is 0 Å². The Kier molecular flexibility index (Phi) is 5.28. The molecule has 118 valence electrons. The van der Waals surface area contributed by atoms with Gasteiger partial charge >= 0.3 is 12.4 Å². The van der Waals surface area contributed by atoms with Crippen molar-refractivity contribution in [1.82, 2.24) is 5.32 Å². The summed E-state index contributed by atoms with van der Waals surface area (Å²) in [5, 5.41) is 10.5. The summed E-state index contributed by atoms with van der Waals surface area (Å²) in [5.74, 6) is -3.43. The number of carbonyl (C=O) groups is 1. The first kappa shape index (κ1) is 17.1. The van der Waals surface area contributed by atoms with E-state index in [1.165, 1.54) is 0 Å². The molecule has 0 heterocycles. The van der Waals surface area contributed by atoms with E-state index < -0.39 is 49.2 Å². The second-order valence-electron chi connectivity index (χ2n) is 4.90. The smallest absolute Gasteiger partial charge is 0.382 e. The molecule has 1 fully saturated rings. The van der Waals surface area contributed by atoms with Crippen LogP contribution in [0.15, 0.2) is 0 Å². The van der Waals surface area contributed by atoms with Gasteiger partial charge in [0.2, 0.25) is 5.91 Å². The molecule has 0 aliphatic heterocycles. The maximum atomic E-state index is 12.5. The monoisotopic (exact) mass is 307 g/mol. The van der Waals surface area contributed by atoms with Crippen LogP contribution in [-0.4, -0.2) is 36.0 Å². The third kappa shape index (κ3) is 4.84. The zero-order chi connectivity index (χ0) is 15.6. The number of carbonyl (C=O) groups excluding carboxylic acids is 1. The highest BCUT2D eigenvalue weighted by molar-refractivity contribution is 5.78. The number of rotatable bonds is 3. The van der Waals surface area contributed by atoms with E-state index in [9.17, 15) is 31.1 Å². The van der Waals surface area contributed by atoms with Gasteiger partial charge in [-0.2, -0.15) is 26.3 Å². The summed E-state index contributed by atoms with van der Waals surface area (Å²) in [6.07, 6.45) is -12.1. The molecular formula is C11H15F6NO2.